The normalized spacial score (nSPS) is 24.7. The van der Waals surface area contributed by atoms with Gasteiger partial charge < -0.3 is 10.2 Å². The first-order valence-corrected chi connectivity index (χ1v) is 9.55. The fraction of sp³-hybridized carbons (Fsp3) is 0.947. The van der Waals surface area contributed by atoms with Crippen molar-refractivity contribution in [1.82, 2.24) is 0 Å². The van der Waals surface area contributed by atoms with Gasteiger partial charge in [0.15, 0.2) is 0 Å². The van der Waals surface area contributed by atoms with Crippen LogP contribution in [0.4, 0.5) is 0 Å². The Bertz CT molecular complexity index is 290. The predicted octanol–water partition coefficient (Wildman–Crippen LogP) is 5.16. The SMILES string of the molecule is CCCCCCCCCCCCC1C(O)CCC1CC(=O)O. The van der Waals surface area contributed by atoms with Crippen molar-refractivity contribution in [2.45, 2.75) is 103 Å². The lowest BCUT2D eigenvalue weighted by atomic mass is 9.87. The third-order valence-electron chi connectivity index (χ3n) is 5.26. The van der Waals surface area contributed by atoms with Crippen LogP contribution in [-0.2, 0) is 4.79 Å². The molecule has 1 saturated carbocycles. The zero-order chi connectivity index (χ0) is 16.2. The number of aliphatic hydroxyl groups excluding tert-OH is 1. The van der Waals surface area contributed by atoms with Gasteiger partial charge in [-0.2, -0.15) is 0 Å². The molecule has 0 aromatic heterocycles. The fourth-order valence-corrected chi connectivity index (χ4v) is 3.90. The molecule has 1 fully saturated rings. The van der Waals surface area contributed by atoms with Crippen molar-refractivity contribution < 1.29 is 15.0 Å². The van der Waals surface area contributed by atoms with E-state index in [1.807, 2.05) is 0 Å². The summed E-state index contributed by atoms with van der Waals surface area (Å²) in [5.74, 6) is -0.289. The summed E-state index contributed by atoms with van der Waals surface area (Å²) in [5, 5.41) is 19.0. The van der Waals surface area contributed by atoms with Crippen LogP contribution in [0.15, 0.2) is 0 Å². The molecular formula is C19H36O3. The lowest BCUT2D eigenvalue weighted by Crippen LogP contribution is -2.21. The van der Waals surface area contributed by atoms with Crippen molar-refractivity contribution in [2.24, 2.45) is 11.8 Å². The fourth-order valence-electron chi connectivity index (χ4n) is 3.90. The standard InChI is InChI=1S/C19H36O3/c1-2-3-4-5-6-7-8-9-10-11-12-17-16(15-19(21)22)13-14-18(17)20/h16-18,20H,2-15H2,1H3,(H,21,22). The van der Waals surface area contributed by atoms with Crippen molar-refractivity contribution in [3.63, 3.8) is 0 Å². The van der Waals surface area contributed by atoms with Crippen molar-refractivity contribution in [3.8, 4) is 0 Å². The van der Waals surface area contributed by atoms with Gasteiger partial charge in [-0.3, -0.25) is 4.79 Å². The minimum absolute atomic E-state index is 0.200. The first-order chi connectivity index (χ1) is 10.6. The van der Waals surface area contributed by atoms with Gasteiger partial charge >= 0.3 is 5.97 Å². The maximum Gasteiger partial charge on any atom is 0.303 e. The number of aliphatic carboxylic acids is 1. The first-order valence-electron chi connectivity index (χ1n) is 9.55. The smallest absolute Gasteiger partial charge is 0.303 e. The molecule has 2 N–H and O–H groups in total. The highest BCUT2D eigenvalue weighted by Gasteiger charge is 2.35. The highest BCUT2D eigenvalue weighted by molar-refractivity contribution is 5.67. The number of carboxylic acids is 1. The summed E-state index contributed by atoms with van der Waals surface area (Å²) >= 11 is 0. The molecule has 1 aliphatic carbocycles. The summed E-state index contributed by atoms with van der Waals surface area (Å²) in [4.78, 5) is 10.9. The summed E-state index contributed by atoms with van der Waals surface area (Å²) in [6, 6.07) is 0. The van der Waals surface area contributed by atoms with Gasteiger partial charge in [-0.25, -0.2) is 0 Å². The molecule has 0 aliphatic heterocycles. The van der Waals surface area contributed by atoms with E-state index in [2.05, 4.69) is 6.92 Å². The van der Waals surface area contributed by atoms with E-state index in [0.29, 0.717) is 0 Å². The van der Waals surface area contributed by atoms with Gasteiger partial charge in [0.1, 0.15) is 0 Å². The zero-order valence-electron chi connectivity index (χ0n) is 14.4. The van der Waals surface area contributed by atoms with Crippen LogP contribution in [0.5, 0.6) is 0 Å². The molecule has 0 heterocycles. The van der Waals surface area contributed by atoms with Gasteiger partial charge in [-0.15, -0.1) is 0 Å². The Morgan fingerprint density at radius 3 is 2.00 bits per heavy atom. The average Bonchev–Trinajstić information content (AvgIpc) is 2.81. The second-order valence-corrected chi connectivity index (χ2v) is 7.14. The van der Waals surface area contributed by atoms with Crippen LogP contribution in [-0.4, -0.2) is 22.3 Å². The summed E-state index contributed by atoms with van der Waals surface area (Å²) in [6.07, 6.45) is 15.9. The highest BCUT2D eigenvalue weighted by atomic mass is 16.4. The average molecular weight is 312 g/mol. The Kier molecular flexibility index (Phi) is 10.6. The van der Waals surface area contributed by atoms with E-state index in [1.165, 1.54) is 57.8 Å². The number of carbonyl (C=O) groups is 1. The monoisotopic (exact) mass is 312 g/mol. The number of rotatable bonds is 13. The summed E-state index contributed by atoms with van der Waals surface area (Å²) in [6.45, 7) is 2.25. The molecule has 0 bridgehead atoms. The summed E-state index contributed by atoms with van der Waals surface area (Å²) in [5.41, 5.74) is 0. The largest absolute Gasteiger partial charge is 0.481 e. The highest BCUT2D eigenvalue weighted by Crippen LogP contribution is 2.37. The third kappa shape index (κ3) is 8.17. The van der Waals surface area contributed by atoms with Crippen LogP contribution < -0.4 is 0 Å². The Morgan fingerprint density at radius 2 is 1.45 bits per heavy atom. The number of carboxylic acid groups (broad SMARTS) is 1. The molecule has 0 saturated heterocycles. The molecule has 0 aromatic rings. The molecule has 1 aliphatic rings. The molecule has 0 aromatic carbocycles. The molecule has 3 unspecified atom stereocenters. The first kappa shape index (κ1) is 19.5. The quantitative estimate of drug-likeness (QED) is 0.462. The van der Waals surface area contributed by atoms with Gasteiger partial charge in [-0.1, -0.05) is 71.1 Å². The van der Waals surface area contributed by atoms with Crippen LogP contribution in [0.1, 0.15) is 96.8 Å². The number of unbranched alkanes of at least 4 members (excludes halogenated alkanes) is 9. The van der Waals surface area contributed by atoms with E-state index in [0.717, 1.165) is 25.7 Å². The molecule has 130 valence electrons. The number of aliphatic hydroxyl groups is 1. The minimum Gasteiger partial charge on any atom is -0.481 e. The molecular weight excluding hydrogens is 276 g/mol. The van der Waals surface area contributed by atoms with Gasteiger partial charge in [0.2, 0.25) is 0 Å². The Hall–Kier alpha value is -0.570. The van der Waals surface area contributed by atoms with Crippen LogP contribution in [0.2, 0.25) is 0 Å². The number of hydrogen-bond acceptors (Lipinski definition) is 2. The topological polar surface area (TPSA) is 57.5 Å². The number of hydrogen-bond donors (Lipinski definition) is 2. The van der Waals surface area contributed by atoms with E-state index in [-0.39, 0.29) is 24.4 Å². The van der Waals surface area contributed by atoms with Gasteiger partial charge in [0.25, 0.3) is 0 Å². The maximum atomic E-state index is 10.9. The zero-order valence-corrected chi connectivity index (χ0v) is 14.4. The lowest BCUT2D eigenvalue weighted by molar-refractivity contribution is -0.138. The molecule has 3 nitrogen and oxygen atoms in total. The molecule has 0 radical (unpaired) electrons. The molecule has 0 amide bonds. The lowest BCUT2D eigenvalue weighted by Gasteiger charge is -2.20. The summed E-state index contributed by atoms with van der Waals surface area (Å²) in [7, 11) is 0. The maximum absolute atomic E-state index is 10.9. The van der Waals surface area contributed by atoms with Crippen molar-refractivity contribution in [1.29, 1.82) is 0 Å². The Balaban J connectivity index is 2.00. The minimum atomic E-state index is -0.716. The van der Waals surface area contributed by atoms with Gasteiger partial charge in [0, 0.05) is 6.42 Å². The van der Waals surface area contributed by atoms with E-state index < -0.39 is 5.97 Å². The van der Waals surface area contributed by atoms with Gasteiger partial charge in [0.05, 0.1) is 6.10 Å². The van der Waals surface area contributed by atoms with Gasteiger partial charge in [-0.05, 0) is 31.1 Å². The molecule has 3 atom stereocenters. The van der Waals surface area contributed by atoms with Crippen LogP contribution in [0.3, 0.4) is 0 Å². The van der Waals surface area contributed by atoms with E-state index in [4.69, 9.17) is 5.11 Å². The van der Waals surface area contributed by atoms with Crippen LogP contribution in [0, 0.1) is 11.8 Å². The van der Waals surface area contributed by atoms with Crippen LogP contribution in [0.25, 0.3) is 0 Å². The van der Waals surface area contributed by atoms with Crippen molar-refractivity contribution in [3.05, 3.63) is 0 Å². The summed E-state index contributed by atoms with van der Waals surface area (Å²) < 4.78 is 0. The molecule has 1 rings (SSSR count). The van der Waals surface area contributed by atoms with Crippen molar-refractivity contribution in [2.75, 3.05) is 0 Å². The molecule has 3 heteroatoms. The van der Waals surface area contributed by atoms with Crippen LogP contribution >= 0.6 is 0 Å². The third-order valence-corrected chi connectivity index (χ3v) is 5.26. The van der Waals surface area contributed by atoms with E-state index >= 15 is 0 Å². The second kappa shape index (κ2) is 11.9. The Labute approximate surface area is 136 Å². The molecule has 22 heavy (non-hydrogen) atoms. The molecule has 0 spiro atoms. The van der Waals surface area contributed by atoms with Crippen molar-refractivity contribution >= 4 is 5.97 Å². The van der Waals surface area contributed by atoms with E-state index in [9.17, 15) is 9.90 Å². The second-order valence-electron chi connectivity index (χ2n) is 7.14. The predicted molar refractivity (Wildman–Crippen MR) is 90.9 cm³/mol. The Morgan fingerprint density at radius 1 is 0.909 bits per heavy atom. The van der Waals surface area contributed by atoms with E-state index in [1.54, 1.807) is 0 Å².